The molecule has 17 heteroatoms. The first-order valence-corrected chi connectivity index (χ1v) is 17.9. The Labute approximate surface area is 301 Å². The van der Waals surface area contributed by atoms with Crippen molar-refractivity contribution in [3.05, 3.63) is 94.1 Å². The highest BCUT2D eigenvalue weighted by Gasteiger charge is 2.55. The van der Waals surface area contributed by atoms with E-state index in [1.165, 1.54) is 29.2 Å². The zero-order valence-electron chi connectivity index (χ0n) is 27.7. The van der Waals surface area contributed by atoms with Crippen molar-refractivity contribution in [3.8, 4) is 0 Å². The summed E-state index contributed by atoms with van der Waals surface area (Å²) in [5.74, 6) is -1.87. The molecule has 4 heterocycles. The first-order valence-electron chi connectivity index (χ1n) is 15.9. The molecule has 0 aliphatic carbocycles. The molecule has 0 saturated carbocycles. The third-order valence-corrected chi connectivity index (χ3v) is 10.5. The fourth-order valence-electron chi connectivity index (χ4n) is 5.76. The number of oxime groups is 1. The highest BCUT2D eigenvalue weighted by atomic mass is 32.2. The summed E-state index contributed by atoms with van der Waals surface area (Å²) in [5, 5.41) is 9.98. The van der Waals surface area contributed by atoms with Gasteiger partial charge < -0.3 is 34.7 Å². The predicted octanol–water partition coefficient (Wildman–Crippen LogP) is 2.43. The van der Waals surface area contributed by atoms with E-state index in [0.29, 0.717) is 38.2 Å². The number of nitrogens with zero attached hydrogens (tertiary/aromatic N) is 5. The van der Waals surface area contributed by atoms with Crippen LogP contribution in [0.4, 0.5) is 9.93 Å². The normalized spacial score (nSPS) is 19.2. The van der Waals surface area contributed by atoms with Gasteiger partial charge in [0.25, 0.3) is 11.8 Å². The number of aromatic nitrogens is 1. The molecule has 266 valence electrons. The maximum absolute atomic E-state index is 14.2. The SMILES string of the molecule is CON=C(C(=O)NC1C(=O)N2C(C(=O)OC(c3ccccc3)c3ccccc3)=C(COC(=O)N3CCN(C)CC3)CS[C@@H]12)c1csc(NC=O)n1. The lowest BCUT2D eigenvalue weighted by atomic mass is 10.0. The monoisotopic (exact) mass is 733 g/mol. The van der Waals surface area contributed by atoms with Crippen molar-refractivity contribution >= 4 is 64.2 Å². The zero-order chi connectivity index (χ0) is 35.9. The molecule has 0 bridgehead atoms. The Morgan fingerprint density at radius 2 is 1.71 bits per heavy atom. The molecule has 2 N–H and O–H groups in total. The van der Waals surface area contributed by atoms with Crippen LogP contribution in [-0.2, 0) is 33.5 Å². The van der Waals surface area contributed by atoms with E-state index in [1.54, 1.807) is 4.90 Å². The quantitative estimate of drug-likeness (QED) is 0.0921. The van der Waals surface area contributed by atoms with Gasteiger partial charge in [-0.25, -0.2) is 14.6 Å². The van der Waals surface area contributed by atoms with Crippen LogP contribution in [0, 0.1) is 0 Å². The third-order valence-electron chi connectivity index (χ3n) is 8.41. The van der Waals surface area contributed by atoms with Gasteiger partial charge in [-0.3, -0.25) is 19.3 Å². The van der Waals surface area contributed by atoms with Crippen LogP contribution in [0.15, 0.2) is 82.5 Å². The summed E-state index contributed by atoms with van der Waals surface area (Å²) in [4.78, 5) is 79.4. The van der Waals surface area contributed by atoms with Crippen molar-refractivity contribution in [2.24, 2.45) is 5.16 Å². The summed E-state index contributed by atoms with van der Waals surface area (Å²) < 4.78 is 11.9. The number of esters is 1. The second kappa shape index (κ2) is 16.2. The van der Waals surface area contributed by atoms with Gasteiger partial charge in [-0.15, -0.1) is 23.1 Å². The van der Waals surface area contributed by atoms with Gasteiger partial charge in [-0.1, -0.05) is 65.8 Å². The number of β-lactam (4-membered cyclic amide) rings is 1. The number of nitrogens with one attached hydrogen (secondary N) is 2. The number of thioether (sulfide) groups is 1. The van der Waals surface area contributed by atoms with Crippen molar-refractivity contribution in [2.45, 2.75) is 17.5 Å². The molecule has 4 amide bonds. The molecule has 15 nitrogen and oxygen atoms in total. The zero-order valence-corrected chi connectivity index (χ0v) is 29.4. The smallest absolute Gasteiger partial charge is 0.410 e. The van der Waals surface area contributed by atoms with Crippen LogP contribution < -0.4 is 10.6 Å². The van der Waals surface area contributed by atoms with Gasteiger partial charge in [0.1, 0.15) is 36.5 Å². The molecular formula is C34H35N7O8S2. The molecule has 0 spiro atoms. The molecule has 3 aliphatic heterocycles. The number of amides is 4. The van der Waals surface area contributed by atoms with E-state index >= 15 is 0 Å². The minimum atomic E-state index is -1.04. The van der Waals surface area contributed by atoms with Crippen LogP contribution in [0.2, 0.25) is 0 Å². The average Bonchev–Trinajstić information content (AvgIpc) is 3.62. The molecule has 2 fully saturated rings. The Hall–Kier alpha value is -5.26. The molecular weight excluding hydrogens is 699 g/mol. The van der Waals surface area contributed by atoms with Crippen LogP contribution in [-0.4, -0.2) is 120 Å². The molecule has 3 aromatic rings. The first kappa shape index (κ1) is 35.6. The number of fused-ring (bicyclic) bond motifs is 1. The summed E-state index contributed by atoms with van der Waals surface area (Å²) in [7, 11) is 3.24. The number of rotatable bonds is 12. The van der Waals surface area contributed by atoms with Gasteiger partial charge in [0.15, 0.2) is 16.9 Å². The van der Waals surface area contributed by atoms with Gasteiger partial charge in [0.05, 0.1) is 0 Å². The van der Waals surface area contributed by atoms with Crippen molar-refractivity contribution in [2.75, 3.05) is 58.0 Å². The lowest BCUT2D eigenvalue weighted by molar-refractivity contribution is -0.154. The molecule has 1 unspecified atom stereocenters. The Bertz CT molecular complexity index is 1790. The lowest BCUT2D eigenvalue weighted by Crippen LogP contribution is -2.71. The number of anilines is 1. The number of benzene rings is 2. The summed E-state index contributed by atoms with van der Waals surface area (Å²) in [6.07, 6.45) is -0.858. The maximum Gasteiger partial charge on any atom is 0.410 e. The van der Waals surface area contributed by atoms with Crippen LogP contribution in [0.3, 0.4) is 0 Å². The van der Waals surface area contributed by atoms with E-state index < -0.39 is 41.4 Å². The van der Waals surface area contributed by atoms with E-state index in [4.69, 9.17) is 14.3 Å². The topological polar surface area (TPSA) is 172 Å². The van der Waals surface area contributed by atoms with Crippen LogP contribution in [0.1, 0.15) is 22.9 Å². The number of hydrogen-bond donors (Lipinski definition) is 2. The van der Waals surface area contributed by atoms with Gasteiger partial charge in [0, 0.05) is 42.9 Å². The van der Waals surface area contributed by atoms with Crippen molar-refractivity contribution in [3.63, 3.8) is 0 Å². The van der Waals surface area contributed by atoms with E-state index in [2.05, 4.69) is 25.7 Å². The number of ether oxygens (including phenoxy) is 2. The molecule has 0 radical (unpaired) electrons. The number of carbonyl (C=O) groups is 5. The standard InChI is InChI=1S/C34H35N7O8S2/c1-39-13-15-40(16-14-39)34(46)48-17-23-18-50-31-26(37-29(43)25(38-47-2)24-19-51-33(36-24)35-20-42)30(44)41(31)27(23)32(45)49-28(21-9-5-3-6-10-21)22-11-7-4-8-12-22/h3-12,19-20,26,28,31H,13-18H2,1-2H3,(H,37,43)(H,35,36,42)/t26?,31-/m0/s1. The van der Waals surface area contributed by atoms with Gasteiger partial charge in [-0.05, 0) is 18.2 Å². The van der Waals surface area contributed by atoms with Crippen LogP contribution in [0.5, 0.6) is 0 Å². The van der Waals surface area contributed by atoms with Gasteiger partial charge in [0.2, 0.25) is 6.41 Å². The van der Waals surface area contributed by atoms with E-state index in [-0.39, 0.29) is 34.6 Å². The van der Waals surface area contributed by atoms with Crippen LogP contribution >= 0.6 is 23.1 Å². The molecule has 6 rings (SSSR count). The Morgan fingerprint density at radius 3 is 2.33 bits per heavy atom. The van der Waals surface area contributed by atoms with Crippen molar-refractivity contribution in [1.82, 2.24) is 25.0 Å². The first-order chi connectivity index (χ1) is 24.8. The molecule has 1 aromatic heterocycles. The summed E-state index contributed by atoms with van der Waals surface area (Å²) >= 11 is 2.38. The van der Waals surface area contributed by atoms with E-state index in [1.807, 2.05) is 67.7 Å². The summed E-state index contributed by atoms with van der Waals surface area (Å²) in [6, 6.07) is 17.4. The summed E-state index contributed by atoms with van der Waals surface area (Å²) in [5.41, 5.74) is 1.74. The lowest BCUT2D eigenvalue weighted by Gasteiger charge is -2.49. The van der Waals surface area contributed by atoms with E-state index in [9.17, 15) is 24.0 Å². The number of carbonyl (C=O) groups excluding carboxylic acids is 5. The molecule has 2 saturated heterocycles. The fraction of sp³-hybridized carbons (Fsp3) is 0.324. The predicted molar refractivity (Wildman–Crippen MR) is 189 cm³/mol. The number of hydrogen-bond acceptors (Lipinski definition) is 13. The highest BCUT2D eigenvalue weighted by Crippen LogP contribution is 2.42. The largest absolute Gasteiger partial charge is 0.448 e. The van der Waals surface area contributed by atoms with Crippen LogP contribution in [0.25, 0.3) is 0 Å². The number of thiazole rings is 1. The minimum absolute atomic E-state index is 0.0350. The fourth-order valence-corrected chi connectivity index (χ4v) is 7.75. The third kappa shape index (κ3) is 7.90. The number of piperazine rings is 1. The second-order valence-electron chi connectivity index (χ2n) is 11.7. The Kier molecular flexibility index (Phi) is 11.3. The molecule has 2 aromatic carbocycles. The van der Waals surface area contributed by atoms with Gasteiger partial charge >= 0.3 is 12.1 Å². The maximum atomic E-state index is 14.2. The molecule has 51 heavy (non-hydrogen) atoms. The Balaban J connectivity index is 1.25. The average molecular weight is 734 g/mol. The van der Waals surface area contributed by atoms with Crippen molar-refractivity contribution < 1.29 is 38.3 Å². The van der Waals surface area contributed by atoms with E-state index in [0.717, 1.165) is 22.5 Å². The number of likely N-dealkylation sites (N-methyl/N-ethyl adjacent to an activating group) is 1. The van der Waals surface area contributed by atoms with Crippen molar-refractivity contribution in [1.29, 1.82) is 0 Å². The van der Waals surface area contributed by atoms with Gasteiger partial charge in [-0.2, -0.15) is 0 Å². The minimum Gasteiger partial charge on any atom is -0.448 e. The highest BCUT2D eigenvalue weighted by molar-refractivity contribution is 8.00. The Morgan fingerprint density at radius 1 is 1.04 bits per heavy atom. The molecule has 3 aliphatic rings. The molecule has 2 atom stereocenters. The second-order valence-corrected chi connectivity index (χ2v) is 13.7. The summed E-state index contributed by atoms with van der Waals surface area (Å²) in [6.45, 7) is 2.19.